The van der Waals surface area contributed by atoms with Crippen LogP contribution in [-0.2, 0) is 19.0 Å². The molecule has 2 aromatic heterocycles. The maximum absolute atomic E-state index is 12.0. The second kappa shape index (κ2) is 5.53. The van der Waals surface area contributed by atoms with Crippen LogP contribution in [0.1, 0.15) is 42.7 Å². The van der Waals surface area contributed by atoms with Crippen LogP contribution in [0.5, 0.6) is 0 Å². The molecule has 1 amide bonds. The number of rotatable bonds is 3. The van der Waals surface area contributed by atoms with Gasteiger partial charge in [0.2, 0.25) is 5.89 Å². The van der Waals surface area contributed by atoms with Gasteiger partial charge in [-0.2, -0.15) is 0 Å². The Morgan fingerprint density at radius 1 is 1.35 bits per heavy atom. The highest BCUT2D eigenvalue weighted by Gasteiger charge is 2.16. The van der Waals surface area contributed by atoms with Gasteiger partial charge < -0.3 is 14.3 Å². The number of carbonyl (C=O) groups excluding carboxylic acids is 1. The lowest BCUT2D eigenvalue weighted by Crippen LogP contribution is -2.23. The molecule has 0 fully saturated rings. The molecule has 0 aliphatic rings. The number of fused-ring (bicyclic) bond motifs is 1. The van der Waals surface area contributed by atoms with Crippen molar-refractivity contribution in [3.8, 4) is 0 Å². The quantitative estimate of drug-likeness (QED) is 0.807. The number of benzene rings is 1. The molecule has 6 nitrogen and oxygen atoms in total. The number of oxazole rings is 1. The summed E-state index contributed by atoms with van der Waals surface area (Å²) in [5.74, 6) is 0.235. The van der Waals surface area contributed by atoms with Crippen LogP contribution in [0.15, 0.2) is 35.1 Å². The summed E-state index contributed by atoms with van der Waals surface area (Å²) in [6.07, 6.45) is 3.25. The highest BCUT2D eigenvalue weighted by Crippen LogP contribution is 2.26. The number of nitrogens with one attached hydrogen (secondary N) is 1. The SMILES string of the molecule is Cn1cnc(C(=O)NCc2nc3cc(C(C)(C)C)ccc3o2)c1. The first-order valence-corrected chi connectivity index (χ1v) is 7.49. The second-order valence-electron chi connectivity index (χ2n) is 6.65. The normalized spacial score (nSPS) is 11.8. The van der Waals surface area contributed by atoms with Crippen molar-refractivity contribution in [3.63, 3.8) is 0 Å². The van der Waals surface area contributed by atoms with Crippen LogP contribution in [0.4, 0.5) is 0 Å². The van der Waals surface area contributed by atoms with Crippen molar-refractivity contribution >= 4 is 17.0 Å². The second-order valence-corrected chi connectivity index (χ2v) is 6.65. The Labute approximate surface area is 134 Å². The lowest BCUT2D eigenvalue weighted by molar-refractivity contribution is 0.0943. The fraction of sp³-hybridized carbons (Fsp3) is 0.353. The van der Waals surface area contributed by atoms with E-state index in [4.69, 9.17) is 4.42 Å². The van der Waals surface area contributed by atoms with Crippen molar-refractivity contribution in [1.29, 1.82) is 0 Å². The maximum atomic E-state index is 12.0. The Morgan fingerprint density at radius 3 is 2.78 bits per heavy atom. The molecular weight excluding hydrogens is 292 g/mol. The molecule has 0 bridgehead atoms. The van der Waals surface area contributed by atoms with Crippen molar-refractivity contribution in [2.24, 2.45) is 7.05 Å². The third-order valence-electron chi connectivity index (χ3n) is 3.64. The van der Waals surface area contributed by atoms with Gasteiger partial charge in [-0.3, -0.25) is 4.79 Å². The van der Waals surface area contributed by atoms with E-state index in [9.17, 15) is 4.79 Å². The third kappa shape index (κ3) is 3.26. The van der Waals surface area contributed by atoms with E-state index in [1.165, 1.54) is 5.56 Å². The van der Waals surface area contributed by atoms with E-state index in [-0.39, 0.29) is 17.9 Å². The van der Waals surface area contributed by atoms with Crippen molar-refractivity contribution in [1.82, 2.24) is 19.9 Å². The monoisotopic (exact) mass is 312 g/mol. The first-order chi connectivity index (χ1) is 10.8. The van der Waals surface area contributed by atoms with Crippen LogP contribution in [0.25, 0.3) is 11.1 Å². The summed E-state index contributed by atoms with van der Waals surface area (Å²) in [4.78, 5) is 20.4. The summed E-state index contributed by atoms with van der Waals surface area (Å²) in [5, 5.41) is 2.76. The Balaban J connectivity index is 1.75. The molecule has 0 radical (unpaired) electrons. The van der Waals surface area contributed by atoms with Crippen LogP contribution < -0.4 is 5.32 Å². The van der Waals surface area contributed by atoms with E-state index in [2.05, 4.69) is 36.1 Å². The molecular formula is C17H20N4O2. The van der Waals surface area contributed by atoms with Gasteiger partial charge in [0.25, 0.3) is 5.91 Å². The van der Waals surface area contributed by atoms with Gasteiger partial charge in [-0.25, -0.2) is 9.97 Å². The van der Waals surface area contributed by atoms with Crippen molar-refractivity contribution < 1.29 is 9.21 Å². The van der Waals surface area contributed by atoms with Crippen LogP contribution in [0.2, 0.25) is 0 Å². The van der Waals surface area contributed by atoms with E-state index < -0.39 is 0 Å². The lowest BCUT2D eigenvalue weighted by atomic mass is 9.87. The molecule has 23 heavy (non-hydrogen) atoms. The topological polar surface area (TPSA) is 73.0 Å². The van der Waals surface area contributed by atoms with E-state index in [0.29, 0.717) is 11.6 Å². The Hall–Kier alpha value is -2.63. The van der Waals surface area contributed by atoms with Crippen molar-refractivity contribution in [2.75, 3.05) is 0 Å². The molecule has 0 saturated carbocycles. The molecule has 0 spiro atoms. The minimum absolute atomic E-state index is 0.0560. The zero-order valence-corrected chi connectivity index (χ0v) is 13.8. The number of imidazole rings is 1. The van der Waals surface area contributed by atoms with Gasteiger partial charge >= 0.3 is 0 Å². The minimum Gasteiger partial charge on any atom is -0.439 e. The minimum atomic E-state index is -0.247. The summed E-state index contributed by atoms with van der Waals surface area (Å²) in [5.41, 5.74) is 3.15. The number of aryl methyl sites for hydroxylation is 1. The first-order valence-electron chi connectivity index (χ1n) is 7.49. The summed E-state index contributed by atoms with van der Waals surface area (Å²) >= 11 is 0. The number of amides is 1. The lowest BCUT2D eigenvalue weighted by Gasteiger charge is -2.18. The molecule has 3 rings (SSSR count). The average Bonchev–Trinajstić information content (AvgIpc) is 3.08. The van der Waals surface area contributed by atoms with Gasteiger partial charge in [-0.15, -0.1) is 0 Å². The molecule has 3 aromatic rings. The van der Waals surface area contributed by atoms with E-state index in [1.807, 2.05) is 25.2 Å². The molecule has 2 heterocycles. The molecule has 0 unspecified atom stereocenters. The Kier molecular flexibility index (Phi) is 3.67. The molecule has 0 atom stereocenters. The standard InChI is InChI=1S/C17H20N4O2/c1-17(2,3)11-5-6-14-12(7-11)20-15(23-14)8-18-16(22)13-9-21(4)10-19-13/h5-7,9-10H,8H2,1-4H3,(H,18,22). The number of carbonyl (C=O) groups is 1. The zero-order chi connectivity index (χ0) is 16.6. The number of hydrogen-bond acceptors (Lipinski definition) is 4. The third-order valence-corrected chi connectivity index (χ3v) is 3.64. The molecule has 120 valence electrons. The molecule has 1 N–H and O–H groups in total. The largest absolute Gasteiger partial charge is 0.439 e. The predicted octanol–water partition coefficient (Wildman–Crippen LogP) is 2.79. The summed E-state index contributed by atoms with van der Waals surface area (Å²) in [6, 6.07) is 6.00. The maximum Gasteiger partial charge on any atom is 0.271 e. The molecule has 0 saturated heterocycles. The summed E-state index contributed by atoms with van der Waals surface area (Å²) in [6.45, 7) is 6.70. The number of hydrogen-bond donors (Lipinski definition) is 1. The zero-order valence-electron chi connectivity index (χ0n) is 13.8. The summed E-state index contributed by atoms with van der Waals surface area (Å²) in [7, 11) is 1.82. The van der Waals surface area contributed by atoms with E-state index in [1.54, 1.807) is 17.1 Å². The van der Waals surface area contributed by atoms with E-state index >= 15 is 0 Å². The van der Waals surface area contributed by atoms with E-state index in [0.717, 1.165) is 11.1 Å². The molecule has 0 aliphatic heterocycles. The van der Waals surface area contributed by atoms with Gasteiger partial charge in [-0.1, -0.05) is 26.8 Å². The molecule has 1 aromatic carbocycles. The Morgan fingerprint density at radius 2 is 2.13 bits per heavy atom. The first kappa shape index (κ1) is 15.3. The van der Waals surface area contributed by atoms with Gasteiger partial charge in [0.1, 0.15) is 11.2 Å². The smallest absolute Gasteiger partial charge is 0.271 e. The average molecular weight is 312 g/mol. The van der Waals surface area contributed by atoms with Gasteiger partial charge in [-0.05, 0) is 23.1 Å². The number of nitrogens with zero attached hydrogens (tertiary/aromatic N) is 3. The summed E-state index contributed by atoms with van der Waals surface area (Å²) < 4.78 is 7.40. The van der Waals surface area contributed by atoms with Crippen LogP contribution in [-0.4, -0.2) is 20.4 Å². The molecule has 6 heteroatoms. The van der Waals surface area contributed by atoms with Crippen molar-refractivity contribution in [2.45, 2.75) is 32.7 Å². The van der Waals surface area contributed by atoms with Crippen LogP contribution in [0.3, 0.4) is 0 Å². The van der Waals surface area contributed by atoms with Gasteiger partial charge in [0, 0.05) is 13.2 Å². The predicted molar refractivity (Wildman–Crippen MR) is 87.1 cm³/mol. The van der Waals surface area contributed by atoms with Gasteiger partial charge in [0.05, 0.1) is 12.9 Å². The van der Waals surface area contributed by atoms with Crippen molar-refractivity contribution in [3.05, 3.63) is 47.9 Å². The van der Waals surface area contributed by atoms with Crippen LogP contribution in [0, 0.1) is 0 Å². The fourth-order valence-electron chi connectivity index (χ4n) is 2.29. The fourth-order valence-corrected chi connectivity index (χ4v) is 2.29. The number of aromatic nitrogens is 3. The van der Waals surface area contributed by atoms with Crippen LogP contribution >= 0.6 is 0 Å². The highest BCUT2D eigenvalue weighted by molar-refractivity contribution is 5.91. The Bertz CT molecular complexity index is 855. The van der Waals surface area contributed by atoms with Gasteiger partial charge in [0.15, 0.2) is 5.58 Å². The highest BCUT2D eigenvalue weighted by atomic mass is 16.3. The molecule has 0 aliphatic carbocycles.